The summed E-state index contributed by atoms with van der Waals surface area (Å²) in [6.45, 7) is 0. The lowest BCUT2D eigenvalue weighted by Crippen LogP contribution is -2.13. The summed E-state index contributed by atoms with van der Waals surface area (Å²) in [5, 5.41) is 3.83. The fourth-order valence-electron chi connectivity index (χ4n) is 1.54. The maximum absolute atomic E-state index is 13.7. The number of aryl methyl sites for hydroxylation is 1. The van der Waals surface area contributed by atoms with Crippen molar-refractivity contribution in [3.63, 3.8) is 0 Å². The van der Waals surface area contributed by atoms with Crippen molar-refractivity contribution in [3.05, 3.63) is 50.2 Å². The molecule has 0 aliphatic heterocycles. The van der Waals surface area contributed by atoms with Crippen molar-refractivity contribution in [2.45, 2.75) is 0 Å². The third-order valence-corrected chi connectivity index (χ3v) is 3.38. The van der Waals surface area contributed by atoms with Crippen molar-refractivity contribution < 1.29 is 13.6 Å². The van der Waals surface area contributed by atoms with Crippen molar-refractivity contribution >= 4 is 37.6 Å². The Morgan fingerprint density at radius 2 is 1.83 bits per heavy atom. The van der Waals surface area contributed by atoms with Gasteiger partial charge in [0.15, 0.2) is 0 Å². The topological polar surface area (TPSA) is 34.9 Å². The number of hydrogen-bond donors (Lipinski definition) is 0. The minimum Gasteiger partial charge on any atom is -0.287 e. The molecule has 0 radical (unpaired) electrons. The number of nitrogens with zero attached hydrogens (tertiary/aromatic N) is 2. The Hall–Kier alpha value is -1.08. The predicted molar refractivity (Wildman–Crippen MR) is 68.4 cm³/mol. The third kappa shape index (κ3) is 2.24. The van der Waals surface area contributed by atoms with Crippen LogP contribution in [0.4, 0.5) is 8.78 Å². The molecular weight excluding hydrogens is 374 g/mol. The van der Waals surface area contributed by atoms with Gasteiger partial charge in [-0.1, -0.05) is 15.9 Å². The molecule has 3 nitrogen and oxygen atoms in total. The van der Waals surface area contributed by atoms with Gasteiger partial charge in [0.25, 0.3) is 0 Å². The molecule has 1 heterocycles. The average Bonchev–Trinajstić information content (AvgIpc) is 2.56. The number of rotatable bonds is 2. The lowest BCUT2D eigenvalue weighted by atomic mass is 10.1. The SMILES string of the molecule is Cn1ncc(Br)c1C(=O)c1c(F)cc(Br)cc1F. The largest absolute Gasteiger partial charge is 0.287 e. The van der Waals surface area contributed by atoms with Gasteiger partial charge in [0.05, 0.1) is 16.2 Å². The van der Waals surface area contributed by atoms with Gasteiger partial charge in [-0.3, -0.25) is 9.48 Å². The summed E-state index contributed by atoms with van der Waals surface area (Å²) in [5.74, 6) is -2.59. The van der Waals surface area contributed by atoms with Crippen molar-refractivity contribution in [2.75, 3.05) is 0 Å². The molecule has 0 unspecified atom stereocenters. The summed E-state index contributed by atoms with van der Waals surface area (Å²) in [6.07, 6.45) is 1.39. The van der Waals surface area contributed by atoms with Gasteiger partial charge in [-0.2, -0.15) is 5.10 Å². The highest BCUT2D eigenvalue weighted by Gasteiger charge is 2.24. The van der Waals surface area contributed by atoms with E-state index in [1.165, 1.54) is 17.9 Å². The highest BCUT2D eigenvalue weighted by Crippen LogP contribution is 2.25. The number of carbonyl (C=O) groups excluding carboxylic acids is 1. The van der Waals surface area contributed by atoms with Crippen LogP contribution in [0.5, 0.6) is 0 Å². The maximum Gasteiger partial charge on any atom is 0.218 e. The number of halogens is 4. The van der Waals surface area contributed by atoms with Crippen LogP contribution in [0.1, 0.15) is 16.1 Å². The van der Waals surface area contributed by atoms with Crippen LogP contribution in [0.3, 0.4) is 0 Å². The fraction of sp³-hybridized carbons (Fsp3) is 0.0909. The van der Waals surface area contributed by atoms with Crippen molar-refractivity contribution in [1.29, 1.82) is 0 Å². The van der Waals surface area contributed by atoms with E-state index < -0.39 is 23.0 Å². The van der Waals surface area contributed by atoms with Crippen LogP contribution in [0.2, 0.25) is 0 Å². The van der Waals surface area contributed by atoms with E-state index in [2.05, 4.69) is 37.0 Å². The van der Waals surface area contributed by atoms with Crippen LogP contribution in [0.25, 0.3) is 0 Å². The molecule has 1 aromatic carbocycles. The normalized spacial score (nSPS) is 10.7. The molecule has 0 atom stereocenters. The third-order valence-electron chi connectivity index (χ3n) is 2.34. The van der Waals surface area contributed by atoms with Gasteiger partial charge >= 0.3 is 0 Å². The van der Waals surface area contributed by atoms with Gasteiger partial charge in [0.2, 0.25) is 5.78 Å². The minimum absolute atomic E-state index is 0.0927. The van der Waals surface area contributed by atoms with E-state index in [9.17, 15) is 13.6 Å². The quantitative estimate of drug-likeness (QED) is 0.749. The van der Waals surface area contributed by atoms with Crippen molar-refractivity contribution in [3.8, 4) is 0 Å². The highest BCUT2D eigenvalue weighted by atomic mass is 79.9. The lowest BCUT2D eigenvalue weighted by Gasteiger charge is -2.06. The monoisotopic (exact) mass is 378 g/mol. The summed E-state index contributed by atoms with van der Waals surface area (Å²) >= 11 is 6.08. The van der Waals surface area contributed by atoms with E-state index in [0.717, 1.165) is 12.1 Å². The number of benzene rings is 1. The standard InChI is InChI=1S/C11H6Br2F2N2O/c1-17-10(6(13)4-16-17)11(18)9-7(14)2-5(12)3-8(9)15/h2-4H,1H3. The van der Waals surface area contributed by atoms with Crippen LogP contribution < -0.4 is 0 Å². The Morgan fingerprint density at radius 3 is 2.28 bits per heavy atom. The number of carbonyl (C=O) groups is 1. The number of hydrogen-bond acceptors (Lipinski definition) is 2. The van der Waals surface area contributed by atoms with E-state index in [-0.39, 0.29) is 10.2 Å². The van der Waals surface area contributed by atoms with E-state index >= 15 is 0 Å². The molecule has 2 rings (SSSR count). The van der Waals surface area contributed by atoms with Gasteiger partial charge in [-0.05, 0) is 28.1 Å². The Balaban J connectivity index is 2.60. The maximum atomic E-state index is 13.7. The van der Waals surface area contributed by atoms with Gasteiger partial charge < -0.3 is 0 Å². The molecular formula is C11H6Br2F2N2O. The molecule has 2 aromatic rings. The lowest BCUT2D eigenvalue weighted by molar-refractivity contribution is 0.102. The molecule has 7 heteroatoms. The highest BCUT2D eigenvalue weighted by molar-refractivity contribution is 9.10. The van der Waals surface area contributed by atoms with Gasteiger partial charge in [0.1, 0.15) is 17.3 Å². The van der Waals surface area contributed by atoms with Crippen LogP contribution in [-0.2, 0) is 7.05 Å². The second kappa shape index (κ2) is 4.89. The molecule has 0 saturated carbocycles. The first kappa shape index (κ1) is 13.4. The molecule has 0 fully saturated rings. The first-order valence-electron chi connectivity index (χ1n) is 4.78. The first-order valence-corrected chi connectivity index (χ1v) is 6.37. The summed E-state index contributed by atoms with van der Waals surface area (Å²) in [6, 6.07) is 2.08. The predicted octanol–water partition coefficient (Wildman–Crippen LogP) is 3.45. The average molecular weight is 380 g/mol. The molecule has 0 aliphatic carbocycles. The molecule has 0 aliphatic rings. The molecule has 0 spiro atoms. The summed E-state index contributed by atoms with van der Waals surface area (Å²) < 4.78 is 29.2. The smallest absolute Gasteiger partial charge is 0.218 e. The molecule has 18 heavy (non-hydrogen) atoms. The summed E-state index contributed by atoms with van der Waals surface area (Å²) in [5.41, 5.74) is -0.502. The molecule has 0 amide bonds. The Morgan fingerprint density at radius 1 is 1.28 bits per heavy atom. The molecule has 1 aromatic heterocycles. The van der Waals surface area contributed by atoms with E-state index in [0.29, 0.717) is 4.47 Å². The second-order valence-electron chi connectivity index (χ2n) is 3.54. The van der Waals surface area contributed by atoms with E-state index in [4.69, 9.17) is 0 Å². The number of aromatic nitrogens is 2. The summed E-state index contributed by atoms with van der Waals surface area (Å²) in [4.78, 5) is 12.1. The molecule has 0 bridgehead atoms. The second-order valence-corrected chi connectivity index (χ2v) is 5.31. The fourth-order valence-corrected chi connectivity index (χ4v) is 2.47. The zero-order chi connectivity index (χ0) is 13.4. The zero-order valence-electron chi connectivity index (χ0n) is 9.05. The molecule has 0 saturated heterocycles. The van der Waals surface area contributed by atoms with Crippen LogP contribution in [0.15, 0.2) is 27.3 Å². The Kier molecular flexibility index (Phi) is 3.63. The van der Waals surface area contributed by atoms with Crippen LogP contribution >= 0.6 is 31.9 Å². The Bertz CT molecular complexity index is 597. The molecule has 94 valence electrons. The van der Waals surface area contributed by atoms with E-state index in [1.807, 2.05) is 0 Å². The Labute approximate surface area is 118 Å². The van der Waals surface area contributed by atoms with Gasteiger partial charge in [-0.25, -0.2) is 8.78 Å². The summed E-state index contributed by atoms with van der Waals surface area (Å²) in [7, 11) is 1.52. The minimum atomic E-state index is -0.917. The van der Waals surface area contributed by atoms with Crippen molar-refractivity contribution in [2.24, 2.45) is 7.05 Å². The van der Waals surface area contributed by atoms with Gasteiger partial charge in [-0.15, -0.1) is 0 Å². The number of ketones is 1. The first-order chi connectivity index (χ1) is 8.41. The zero-order valence-corrected chi connectivity index (χ0v) is 12.2. The van der Waals surface area contributed by atoms with Crippen LogP contribution in [-0.4, -0.2) is 15.6 Å². The van der Waals surface area contributed by atoms with Crippen molar-refractivity contribution in [1.82, 2.24) is 9.78 Å². The van der Waals surface area contributed by atoms with Gasteiger partial charge in [0, 0.05) is 11.5 Å². The van der Waals surface area contributed by atoms with Crippen LogP contribution in [0, 0.1) is 11.6 Å². The molecule has 0 N–H and O–H groups in total. The van der Waals surface area contributed by atoms with E-state index in [1.54, 1.807) is 0 Å².